The molecule has 0 radical (unpaired) electrons. The molecule has 0 saturated heterocycles. The average Bonchev–Trinajstić information content (AvgIpc) is 2.79. The van der Waals surface area contributed by atoms with Gasteiger partial charge in [0.15, 0.2) is 0 Å². The summed E-state index contributed by atoms with van der Waals surface area (Å²) < 4.78 is 6.04. The first kappa shape index (κ1) is 18.5. The highest BCUT2D eigenvalue weighted by Crippen LogP contribution is 2.27. The first-order valence-electron chi connectivity index (χ1n) is 9.23. The van der Waals surface area contributed by atoms with E-state index in [4.69, 9.17) is 4.74 Å². The van der Waals surface area contributed by atoms with Gasteiger partial charge in [0.1, 0.15) is 12.4 Å². The molecule has 0 unspecified atom stereocenters. The molecule has 3 rings (SSSR count). The number of hydrogen-bond donors (Lipinski definition) is 0. The molecule has 4 nitrogen and oxygen atoms in total. The van der Waals surface area contributed by atoms with Crippen LogP contribution in [-0.4, -0.2) is 49.0 Å². The van der Waals surface area contributed by atoms with Crippen LogP contribution in [-0.2, 0) is 17.8 Å². The van der Waals surface area contributed by atoms with Crippen molar-refractivity contribution in [1.82, 2.24) is 9.80 Å². The van der Waals surface area contributed by atoms with Crippen LogP contribution in [0.5, 0.6) is 5.75 Å². The van der Waals surface area contributed by atoms with Gasteiger partial charge < -0.3 is 14.5 Å². The molecule has 0 aliphatic carbocycles. The lowest BCUT2D eigenvalue weighted by Crippen LogP contribution is -2.47. The summed E-state index contributed by atoms with van der Waals surface area (Å²) in [4.78, 5) is 17.2. The number of fused-ring (bicyclic) bond motifs is 1. The topological polar surface area (TPSA) is 32.8 Å². The quantitative estimate of drug-likeness (QED) is 0.828. The fourth-order valence-electron chi connectivity index (χ4n) is 3.47. The van der Waals surface area contributed by atoms with Gasteiger partial charge in [0.25, 0.3) is 0 Å². The maximum Gasteiger partial charge on any atom is 0.223 e. The van der Waals surface area contributed by atoms with Crippen molar-refractivity contribution in [3.8, 4) is 5.75 Å². The van der Waals surface area contributed by atoms with Crippen molar-refractivity contribution < 1.29 is 9.53 Å². The molecule has 0 aromatic heterocycles. The molecule has 0 bridgehead atoms. The summed E-state index contributed by atoms with van der Waals surface area (Å²) in [6, 6.07) is 16.5. The molecule has 1 atom stereocenters. The first-order chi connectivity index (χ1) is 12.5. The van der Waals surface area contributed by atoms with E-state index in [1.54, 1.807) is 0 Å². The summed E-state index contributed by atoms with van der Waals surface area (Å²) in [6.07, 6.45) is 1.29. The maximum atomic E-state index is 13.1. The molecule has 0 N–H and O–H groups in total. The Hall–Kier alpha value is -2.33. The van der Waals surface area contributed by atoms with E-state index in [-0.39, 0.29) is 11.9 Å². The minimum Gasteiger partial charge on any atom is -0.491 e. The number of nitrogens with zero attached hydrogens (tertiary/aromatic N) is 2. The Morgan fingerprint density at radius 2 is 1.96 bits per heavy atom. The highest BCUT2D eigenvalue weighted by molar-refractivity contribution is 5.77. The lowest BCUT2D eigenvalue weighted by atomic mass is 10.1. The van der Waals surface area contributed by atoms with Crippen molar-refractivity contribution in [3.63, 3.8) is 0 Å². The predicted octanol–water partition coefficient (Wildman–Crippen LogP) is 3.28. The van der Waals surface area contributed by atoms with E-state index >= 15 is 0 Å². The molecule has 0 fully saturated rings. The second-order valence-electron chi connectivity index (χ2n) is 7.35. The SMILES string of the molecule is Cc1ccc2c(c1)CN(C(=O)CCc1ccccc1)[C@H](CN(C)C)CO2. The normalized spacial score (nSPS) is 16.8. The predicted molar refractivity (Wildman–Crippen MR) is 104 cm³/mol. The molecular formula is C22H28N2O2. The van der Waals surface area contributed by atoms with Crippen molar-refractivity contribution in [2.45, 2.75) is 32.4 Å². The van der Waals surface area contributed by atoms with Crippen molar-refractivity contribution in [2.75, 3.05) is 27.2 Å². The summed E-state index contributed by atoms with van der Waals surface area (Å²) in [5, 5.41) is 0. The molecular weight excluding hydrogens is 324 g/mol. The van der Waals surface area contributed by atoms with Gasteiger partial charge in [0, 0.05) is 25.1 Å². The Morgan fingerprint density at radius 3 is 2.69 bits per heavy atom. The number of rotatable bonds is 5. The molecule has 26 heavy (non-hydrogen) atoms. The number of amides is 1. The number of benzene rings is 2. The van der Waals surface area contributed by atoms with Crippen molar-refractivity contribution >= 4 is 5.91 Å². The van der Waals surface area contributed by atoms with E-state index in [0.717, 1.165) is 24.3 Å². The third-order valence-electron chi connectivity index (χ3n) is 4.80. The van der Waals surface area contributed by atoms with Gasteiger partial charge in [-0.2, -0.15) is 0 Å². The minimum atomic E-state index is 0.0565. The molecule has 1 aliphatic heterocycles. The van der Waals surface area contributed by atoms with E-state index in [2.05, 4.69) is 36.1 Å². The zero-order valence-corrected chi connectivity index (χ0v) is 15.9. The van der Waals surface area contributed by atoms with Gasteiger partial charge in [0.2, 0.25) is 5.91 Å². The van der Waals surface area contributed by atoms with Crippen molar-refractivity contribution in [3.05, 3.63) is 65.2 Å². The lowest BCUT2D eigenvalue weighted by Gasteiger charge is -2.31. The maximum absolute atomic E-state index is 13.1. The van der Waals surface area contributed by atoms with Crippen LogP contribution < -0.4 is 4.74 Å². The van der Waals surface area contributed by atoms with Gasteiger partial charge in [-0.1, -0.05) is 48.0 Å². The fourth-order valence-corrected chi connectivity index (χ4v) is 3.47. The van der Waals surface area contributed by atoms with Crippen LogP contribution in [0.2, 0.25) is 0 Å². The summed E-state index contributed by atoms with van der Waals surface area (Å²) in [5.41, 5.74) is 3.49. The number of carbonyl (C=O) groups excluding carboxylic acids is 1. The Balaban J connectivity index is 1.77. The molecule has 1 aliphatic rings. The molecule has 0 saturated carbocycles. The Morgan fingerprint density at radius 1 is 1.19 bits per heavy atom. The summed E-state index contributed by atoms with van der Waals surface area (Å²) >= 11 is 0. The van der Waals surface area contributed by atoms with Crippen LogP contribution in [0.4, 0.5) is 0 Å². The van der Waals surface area contributed by atoms with Gasteiger partial charge >= 0.3 is 0 Å². The monoisotopic (exact) mass is 352 g/mol. The number of carbonyl (C=O) groups is 1. The number of aryl methyl sites for hydroxylation is 2. The Kier molecular flexibility index (Phi) is 5.94. The molecule has 2 aromatic carbocycles. The van der Waals surface area contributed by atoms with Gasteiger partial charge in [-0.15, -0.1) is 0 Å². The number of likely N-dealkylation sites (N-methyl/N-ethyl adjacent to an activating group) is 1. The Bertz CT molecular complexity index is 743. The Labute approximate surface area is 156 Å². The number of ether oxygens (including phenoxy) is 1. The fraction of sp³-hybridized carbons (Fsp3) is 0.409. The van der Waals surface area contributed by atoms with Crippen LogP contribution in [0.1, 0.15) is 23.1 Å². The summed E-state index contributed by atoms with van der Waals surface area (Å²) in [7, 11) is 4.07. The van der Waals surface area contributed by atoms with Gasteiger partial charge in [-0.05, 0) is 39.1 Å². The van der Waals surface area contributed by atoms with Crippen LogP contribution >= 0.6 is 0 Å². The van der Waals surface area contributed by atoms with Crippen LogP contribution in [0.15, 0.2) is 48.5 Å². The highest BCUT2D eigenvalue weighted by Gasteiger charge is 2.28. The van der Waals surface area contributed by atoms with E-state index in [9.17, 15) is 4.79 Å². The van der Waals surface area contributed by atoms with E-state index < -0.39 is 0 Å². The molecule has 138 valence electrons. The largest absolute Gasteiger partial charge is 0.491 e. The van der Waals surface area contributed by atoms with Gasteiger partial charge in [0.05, 0.1) is 6.04 Å². The average molecular weight is 352 g/mol. The van der Waals surface area contributed by atoms with E-state index in [0.29, 0.717) is 19.6 Å². The van der Waals surface area contributed by atoms with Crippen molar-refractivity contribution in [1.29, 1.82) is 0 Å². The molecule has 4 heteroatoms. The lowest BCUT2D eigenvalue weighted by molar-refractivity contribution is -0.134. The second kappa shape index (κ2) is 8.37. The number of hydrogen-bond acceptors (Lipinski definition) is 3. The first-order valence-corrected chi connectivity index (χ1v) is 9.23. The second-order valence-corrected chi connectivity index (χ2v) is 7.35. The zero-order chi connectivity index (χ0) is 18.5. The van der Waals surface area contributed by atoms with Crippen LogP contribution in [0, 0.1) is 6.92 Å². The standard InChI is InChI=1S/C22H28N2O2/c1-17-9-11-21-19(13-17)14-24(20(16-26-21)15-23(2)3)22(25)12-10-18-7-5-4-6-8-18/h4-9,11,13,20H,10,12,14-16H2,1-3H3/t20-/m1/s1. The molecule has 1 amide bonds. The van der Waals surface area contributed by atoms with Crippen molar-refractivity contribution in [2.24, 2.45) is 0 Å². The minimum absolute atomic E-state index is 0.0565. The van der Waals surface area contributed by atoms with E-state index in [1.807, 2.05) is 43.3 Å². The molecule has 0 spiro atoms. The molecule has 2 aromatic rings. The van der Waals surface area contributed by atoms with Crippen LogP contribution in [0.3, 0.4) is 0 Å². The molecule has 1 heterocycles. The zero-order valence-electron chi connectivity index (χ0n) is 15.9. The highest BCUT2D eigenvalue weighted by atomic mass is 16.5. The third kappa shape index (κ3) is 4.64. The summed E-state index contributed by atoms with van der Waals surface area (Å²) in [5.74, 6) is 1.09. The van der Waals surface area contributed by atoms with Gasteiger partial charge in [-0.25, -0.2) is 0 Å². The van der Waals surface area contributed by atoms with E-state index in [1.165, 1.54) is 11.1 Å². The smallest absolute Gasteiger partial charge is 0.223 e. The van der Waals surface area contributed by atoms with Crippen LogP contribution in [0.25, 0.3) is 0 Å². The summed E-state index contributed by atoms with van der Waals surface area (Å²) in [6.45, 7) is 4.02. The van der Waals surface area contributed by atoms with Gasteiger partial charge in [-0.3, -0.25) is 4.79 Å². The third-order valence-corrected chi connectivity index (χ3v) is 4.80.